The number of carboxylic acid groups (broad SMARTS) is 1. The minimum atomic E-state index is -0.988. The molecule has 5 N–H and O–H groups in total. The first kappa shape index (κ1) is 17.0. The summed E-state index contributed by atoms with van der Waals surface area (Å²) < 4.78 is 4.55. The Hall–Kier alpha value is -3.02. The number of para-hydroxylation sites is 2. The fourth-order valence-electron chi connectivity index (χ4n) is 1.66. The maximum atomic E-state index is 11.1. The van der Waals surface area contributed by atoms with E-state index in [1.54, 1.807) is 30.3 Å². The van der Waals surface area contributed by atoms with Crippen molar-refractivity contribution in [1.82, 2.24) is 0 Å². The molecule has 0 heterocycles. The molecule has 0 saturated heterocycles. The molecule has 0 bridgehead atoms. The van der Waals surface area contributed by atoms with Crippen molar-refractivity contribution in [3.8, 4) is 0 Å². The minimum Gasteiger partial charge on any atom is -0.478 e. The van der Waals surface area contributed by atoms with Crippen LogP contribution in [0.2, 0.25) is 0 Å². The van der Waals surface area contributed by atoms with E-state index in [0.29, 0.717) is 16.9 Å². The average Bonchev–Trinajstić information content (AvgIpc) is 2.50. The van der Waals surface area contributed by atoms with Gasteiger partial charge in [0.1, 0.15) is 0 Å². The summed E-state index contributed by atoms with van der Waals surface area (Å²) in [5.41, 5.74) is 13.3. The van der Waals surface area contributed by atoms with E-state index in [9.17, 15) is 9.59 Å². The summed E-state index contributed by atoms with van der Waals surface area (Å²) in [4.78, 5) is 21.4. The Bertz CT molecular complexity index is 684. The van der Waals surface area contributed by atoms with E-state index in [1.807, 2.05) is 13.0 Å². The number of esters is 1. The number of carboxylic acids is 1. The van der Waals surface area contributed by atoms with Crippen LogP contribution in [0.25, 0.3) is 0 Å². The fourth-order valence-corrected chi connectivity index (χ4v) is 1.66. The topological polar surface area (TPSA) is 116 Å². The second-order valence-electron chi connectivity index (χ2n) is 4.42. The van der Waals surface area contributed by atoms with Gasteiger partial charge in [0, 0.05) is 11.4 Å². The van der Waals surface area contributed by atoms with Crippen LogP contribution in [0.3, 0.4) is 0 Å². The van der Waals surface area contributed by atoms with Gasteiger partial charge < -0.3 is 21.3 Å². The van der Waals surface area contributed by atoms with Crippen LogP contribution in [0.1, 0.15) is 26.3 Å². The molecule has 0 aliphatic heterocycles. The first-order valence-corrected chi connectivity index (χ1v) is 6.39. The molecule has 0 aliphatic carbocycles. The van der Waals surface area contributed by atoms with Gasteiger partial charge in [-0.15, -0.1) is 0 Å². The number of nitrogen functional groups attached to an aromatic ring is 2. The summed E-state index contributed by atoms with van der Waals surface area (Å²) in [6.07, 6.45) is 0. The van der Waals surface area contributed by atoms with E-state index in [2.05, 4.69) is 4.74 Å². The third-order valence-corrected chi connectivity index (χ3v) is 2.92. The van der Waals surface area contributed by atoms with Gasteiger partial charge >= 0.3 is 11.9 Å². The van der Waals surface area contributed by atoms with Gasteiger partial charge in [-0.1, -0.05) is 24.3 Å². The Morgan fingerprint density at radius 2 is 1.59 bits per heavy atom. The number of benzene rings is 2. The lowest BCUT2D eigenvalue weighted by Crippen LogP contribution is -2.06. The highest BCUT2D eigenvalue weighted by atomic mass is 16.5. The van der Waals surface area contributed by atoms with Gasteiger partial charge in [0.25, 0.3) is 0 Å². The summed E-state index contributed by atoms with van der Waals surface area (Å²) in [5, 5.41) is 8.49. The molecule has 0 amide bonds. The van der Waals surface area contributed by atoms with Crippen LogP contribution < -0.4 is 11.5 Å². The molecule has 116 valence electrons. The maximum absolute atomic E-state index is 11.1. The van der Waals surface area contributed by atoms with Gasteiger partial charge in [0.2, 0.25) is 0 Å². The summed E-state index contributed by atoms with van der Waals surface area (Å²) in [6.45, 7) is 1.85. The molecule has 0 aromatic heterocycles. The molecule has 22 heavy (non-hydrogen) atoms. The predicted octanol–water partition coefficient (Wildman–Crippen LogP) is 2.33. The Balaban J connectivity index is 0.000000224. The van der Waals surface area contributed by atoms with Crippen molar-refractivity contribution < 1.29 is 19.4 Å². The first-order chi connectivity index (χ1) is 10.4. The SMILES string of the molecule is COC(=O)c1cccc(C)c1N.Nc1ccccc1C(=O)O. The average molecular weight is 302 g/mol. The molecule has 0 fully saturated rings. The predicted molar refractivity (Wildman–Crippen MR) is 84.7 cm³/mol. The number of hydrogen-bond acceptors (Lipinski definition) is 5. The maximum Gasteiger partial charge on any atom is 0.339 e. The van der Waals surface area contributed by atoms with Gasteiger partial charge in [-0.3, -0.25) is 0 Å². The standard InChI is InChI=1S/C9H11NO2.C7H7NO2/c1-6-4-3-5-7(8(6)10)9(11)12-2;8-6-4-2-1-3-5(6)7(9)10/h3-5H,10H2,1-2H3;1-4H,8H2,(H,9,10). The van der Waals surface area contributed by atoms with E-state index < -0.39 is 11.9 Å². The first-order valence-electron chi connectivity index (χ1n) is 6.39. The van der Waals surface area contributed by atoms with Crippen molar-refractivity contribution in [2.24, 2.45) is 0 Å². The molecule has 0 spiro atoms. The molecular weight excluding hydrogens is 284 g/mol. The number of rotatable bonds is 2. The summed E-state index contributed by atoms with van der Waals surface area (Å²) in [6, 6.07) is 11.6. The number of aromatic carboxylic acids is 1. The number of methoxy groups -OCH3 is 1. The quantitative estimate of drug-likeness (QED) is 0.579. The van der Waals surface area contributed by atoms with Crippen LogP contribution >= 0.6 is 0 Å². The van der Waals surface area contributed by atoms with Crippen molar-refractivity contribution in [1.29, 1.82) is 0 Å². The van der Waals surface area contributed by atoms with Crippen molar-refractivity contribution in [3.05, 3.63) is 59.2 Å². The van der Waals surface area contributed by atoms with E-state index in [-0.39, 0.29) is 5.56 Å². The highest BCUT2D eigenvalue weighted by Gasteiger charge is 2.09. The molecule has 0 atom stereocenters. The van der Waals surface area contributed by atoms with Crippen LogP contribution in [0.15, 0.2) is 42.5 Å². The molecular formula is C16H18N2O4. The third-order valence-electron chi connectivity index (χ3n) is 2.92. The second-order valence-corrected chi connectivity index (χ2v) is 4.42. The highest BCUT2D eigenvalue weighted by molar-refractivity contribution is 5.95. The number of aryl methyl sites for hydroxylation is 1. The van der Waals surface area contributed by atoms with Crippen LogP contribution in [0, 0.1) is 6.92 Å². The zero-order valence-electron chi connectivity index (χ0n) is 12.4. The number of ether oxygens (including phenoxy) is 1. The lowest BCUT2D eigenvalue weighted by molar-refractivity contribution is 0.0601. The van der Waals surface area contributed by atoms with Crippen LogP contribution in [0.5, 0.6) is 0 Å². The molecule has 6 heteroatoms. The molecule has 0 saturated carbocycles. The zero-order valence-corrected chi connectivity index (χ0v) is 12.4. The largest absolute Gasteiger partial charge is 0.478 e. The number of anilines is 2. The number of nitrogens with two attached hydrogens (primary N) is 2. The smallest absolute Gasteiger partial charge is 0.339 e. The lowest BCUT2D eigenvalue weighted by atomic mass is 10.1. The number of carbonyl (C=O) groups is 2. The van der Waals surface area contributed by atoms with Crippen LogP contribution in [-0.4, -0.2) is 24.2 Å². The Morgan fingerprint density at radius 3 is 2.09 bits per heavy atom. The summed E-state index contributed by atoms with van der Waals surface area (Å²) in [7, 11) is 1.34. The molecule has 0 aliphatic rings. The molecule has 2 aromatic carbocycles. The summed E-state index contributed by atoms with van der Waals surface area (Å²) in [5.74, 6) is -1.38. The van der Waals surface area contributed by atoms with Gasteiger partial charge in [-0.05, 0) is 30.7 Å². The monoisotopic (exact) mass is 302 g/mol. The Morgan fingerprint density at radius 1 is 1.00 bits per heavy atom. The van der Waals surface area contributed by atoms with Gasteiger partial charge in [-0.25, -0.2) is 9.59 Å². The molecule has 0 unspecified atom stereocenters. The molecule has 2 rings (SSSR count). The summed E-state index contributed by atoms with van der Waals surface area (Å²) >= 11 is 0. The molecule has 2 aromatic rings. The minimum absolute atomic E-state index is 0.155. The van der Waals surface area contributed by atoms with E-state index >= 15 is 0 Å². The van der Waals surface area contributed by atoms with Gasteiger partial charge in [0.05, 0.1) is 18.2 Å². The Kier molecular flexibility index (Phi) is 5.95. The molecule has 0 radical (unpaired) electrons. The van der Waals surface area contributed by atoms with Gasteiger partial charge in [0.15, 0.2) is 0 Å². The normalized spacial score (nSPS) is 9.36. The van der Waals surface area contributed by atoms with E-state index in [1.165, 1.54) is 13.2 Å². The van der Waals surface area contributed by atoms with E-state index in [4.69, 9.17) is 16.6 Å². The van der Waals surface area contributed by atoms with Crippen molar-refractivity contribution in [2.45, 2.75) is 6.92 Å². The lowest BCUT2D eigenvalue weighted by Gasteiger charge is -2.04. The number of hydrogen-bond donors (Lipinski definition) is 3. The van der Waals surface area contributed by atoms with E-state index in [0.717, 1.165) is 5.56 Å². The highest BCUT2D eigenvalue weighted by Crippen LogP contribution is 2.16. The zero-order chi connectivity index (χ0) is 16.7. The third kappa shape index (κ3) is 4.24. The van der Waals surface area contributed by atoms with Crippen LogP contribution in [0.4, 0.5) is 11.4 Å². The second kappa shape index (κ2) is 7.68. The van der Waals surface area contributed by atoms with Crippen molar-refractivity contribution in [3.63, 3.8) is 0 Å². The molecule has 6 nitrogen and oxygen atoms in total. The Labute approximate surface area is 128 Å². The van der Waals surface area contributed by atoms with Gasteiger partial charge in [-0.2, -0.15) is 0 Å². The van der Waals surface area contributed by atoms with Crippen molar-refractivity contribution in [2.75, 3.05) is 18.6 Å². The van der Waals surface area contributed by atoms with Crippen LogP contribution in [-0.2, 0) is 4.74 Å². The number of carbonyl (C=O) groups excluding carboxylic acids is 1. The fraction of sp³-hybridized carbons (Fsp3) is 0.125. The van der Waals surface area contributed by atoms with Crippen molar-refractivity contribution >= 4 is 23.3 Å².